The van der Waals surface area contributed by atoms with Crippen molar-refractivity contribution in [2.24, 2.45) is 0 Å². The maximum Gasteiger partial charge on any atom is 0.0701 e. The lowest BCUT2D eigenvalue weighted by molar-refractivity contribution is 0.00206. The minimum Gasteiger partial charge on any atom is -0.377 e. The van der Waals surface area contributed by atoms with Gasteiger partial charge in [-0.2, -0.15) is 0 Å². The van der Waals surface area contributed by atoms with E-state index < -0.39 is 0 Å². The topological polar surface area (TPSA) is 40.2 Å². The third-order valence-electron chi connectivity index (χ3n) is 3.32. The largest absolute Gasteiger partial charge is 0.377 e. The molecule has 1 aromatic rings. The Morgan fingerprint density at radius 1 is 0.636 bits per heavy atom. The molecule has 5 nitrogen and oxygen atoms in total. The molecule has 22 heavy (non-hydrogen) atoms. The van der Waals surface area contributed by atoms with Crippen LogP contribution >= 0.6 is 11.6 Å². The molecule has 0 aromatic heterocycles. The van der Waals surface area contributed by atoms with E-state index in [0.717, 1.165) is 23.8 Å². The van der Waals surface area contributed by atoms with Gasteiger partial charge in [-0.25, -0.2) is 0 Å². The van der Waals surface area contributed by atoms with Crippen LogP contribution in [0.5, 0.6) is 0 Å². The first-order valence-corrected chi connectivity index (χ1v) is 8.05. The monoisotopic (exact) mass is 329 g/mol. The highest BCUT2D eigenvalue weighted by Crippen LogP contribution is 2.17. The molecule has 1 aliphatic heterocycles. The minimum absolute atomic E-state index is 0.597. The van der Waals surface area contributed by atoms with Crippen molar-refractivity contribution in [3.8, 4) is 0 Å². The summed E-state index contributed by atoms with van der Waals surface area (Å²) in [6.45, 7) is 6.52. The minimum atomic E-state index is 0.597. The van der Waals surface area contributed by atoms with Gasteiger partial charge in [0.1, 0.15) is 0 Å². The quantitative estimate of drug-likeness (QED) is 0.790. The third kappa shape index (κ3) is 6.94. The number of halogens is 1. The second-order valence-corrected chi connectivity index (χ2v) is 5.35. The van der Waals surface area contributed by atoms with Crippen LogP contribution in [0.15, 0.2) is 24.3 Å². The van der Waals surface area contributed by atoms with Crippen molar-refractivity contribution >= 4 is 17.3 Å². The first-order valence-electron chi connectivity index (χ1n) is 7.68. The van der Waals surface area contributed by atoms with Crippen molar-refractivity contribution in [3.05, 3.63) is 29.3 Å². The number of hydrogen-bond donors (Lipinski definition) is 0. The van der Waals surface area contributed by atoms with E-state index in [9.17, 15) is 0 Å². The fraction of sp³-hybridized carbons (Fsp3) is 0.625. The number of ether oxygens (including phenoxy) is 4. The molecule has 6 heteroatoms. The van der Waals surface area contributed by atoms with E-state index in [4.69, 9.17) is 30.5 Å². The molecule has 0 bridgehead atoms. The molecule has 0 unspecified atom stereocenters. The molecule has 0 saturated carbocycles. The van der Waals surface area contributed by atoms with E-state index >= 15 is 0 Å². The predicted molar refractivity (Wildman–Crippen MR) is 86.9 cm³/mol. The second-order valence-electron chi connectivity index (χ2n) is 4.91. The van der Waals surface area contributed by atoms with Crippen molar-refractivity contribution in [2.75, 3.05) is 70.8 Å². The van der Waals surface area contributed by atoms with Crippen LogP contribution in [0.4, 0.5) is 5.69 Å². The van der Waals surface area contributed by atoms with E-state index in [-0.39, 0.29) is 0 Å². The van der Waals surface area contributed by atoms with Gasteiger partial charge in [0.15, 0.2) is 0 Å². The van der Waals surface area contributed by atoms with E-state index in [2.05, 4.69) is 4.90 Å². The number of rotatable bonds is 1. The van der Waals surface area contributed by atoms with Gasteiger partial charge < -0.3 is 23.8 Å². The zero-order valence-corrected chi connectivity index (χ0v) is 13.6. The molecule has 0 atom stereocenters. The van der Waals surface area contributed by atoms with Gasteiger partial charge >= 0.3 is 0 Å². The molecule has 0 radical (unpaired) electrons. The smallest absolute Gasteiger partial charge is 0.0701 e. The van der Waals surface area contributed by atoms with Crippen LogP contribution in [0.25, 0.3) is 0 Å². The molecule has 0 amide bonds. The Kier molecular flexibility index (Phi) is 8.60. The van der Waals surface area contributed by atoms with Crippen LogP contribution < -0.4 is 4.90 Å². The summed E-state index contributed by atoms with van der Waals surface area (Å²) in [5, 5.41) is 0.740. The van der Waals surface area contributed by atoms with Crippen molar-refractivity contribution in [2.45, 2.75) is 0 Å². The van der Waals surface area contributed by atoms with E-state index in [1.807, 2.05) is 24.3 Å². The van der Waals surface area contributed by atoms with Gasteiger partial charge in [-0.05, 0) is 24.3 Å². The van der Waals surface area contributed by atoms with Crippen molar-refractivity contribution in [3.63, 3.8) is 0 Å². The molecular formula is C16H24ClNO4. The maximum absolute atomic E-state index is 5.95. The zero-order chi connectivity index (χ0) is 15.5. The SMILES string of the molecule is Clc1ccc(N2CCOCCOCCOCCOCC2)cc1. The maximum atomic E-state index is 5.95. The highest BCUT2D eigenvalue weighted by atomic mass is 35.5. The van der Waals surface area contributed by atoms with Crippen LogP contribution in [-0.2, 0) is 18.9 Å². The van der Waals surface area contributed by atoms with Crippen molar-refractivity contribution < 1.29 is 18.9 Å². The summed E-state index contributed by atoms with van der Waals surface area (Å²) in [4.78, 5) is 2.23. The van der Waals surface area contributed by atoms with E-state index in [1.54, 1.807) is 0 Å². The normalized spacial score (nSPS) is 20.1. The Labute approximate surface area is 137 Å². The molecule has 1 aliphatic rings. The fourth-order valence-electron chi connectivity index (χ4n) is 2.13. The molecule has 1 heterocycles. The molecule has 0 N–H and O–H groups in total. The fourth-order valence-corrected chi connectivity index (χ4v) is 2.26. The number of benzene rings is 1. The lowest BCUT2D eigenvalue weighted by atomic mass is 10.3. The Morgan fingerprint density at radius 3 is 1.50 bits per heavy atom. The summed E-state index contributed by atoms with van der Waals surface area (Å²) in [6, 6.07) is 7.83. The molecule has 0 spiro atoms. The molecule has 1 aromatic carbocycles. The van der Waals surface area contributed by atoms with Gasteiger partial charge in [-0.15, -0.1) is 0 Å². The lowest BCUT2D eigenvalue weighted by Gasteiger charge is -2.24. The number of hydrogen-bond acceptors (Lipinski definition) is 5. The second kappa shape index (κ2) is 10.8. The van der Waals surface area contributed by atoms with Gasteiger partial charge in [-0.1, -0.05) is 11.6 Å². The van der Waals surface area contributed by atoms with E-state index in [1.165, 1.54) is 0 Å². The Morgan fingerprint density at radius 2 is 1.05 bits per heavy atom. The summed E-state index contributed by atoms with van der Waals surface area (Å²) >= 11 is 5.95. The molecule has 0 aliphatic carbocycles. The number of nitrogens with zero attached hydrogens (tertiary/aromatic N) is 1. The third-order valence-corrected chi connectivity index (χ3v) is 3.57. The van der Waals surface area contributed by atoms with Gasteiger partial charge in [-0.3, -0.25) is 0 Å². The van der Waals surface area contributed by atoms with Crippen molar-refractivity contribution in [1.82, 2.24) is 0 Å². The van der Waals surface area contributed by atoms with Crippen molar-refractivity contribution in [1.29, 1.82) is 0 Å². The first-order chi connectivity index (χ1) is 10.9. The van der Waals surface area contributed by atoms with Crippen LogP contribution in [0, 0.1) is 0 Å². The molecule has 1 saturated heterocycles. The zero-order valence-electron chi connectivity index (χ0n) is 12.8. The van der Waals surface area contributed by atoms with Gasteiger partial charge in [0, 0.05) is 23.8 Å². The highest BCUT2D eigenvalue weighted by molar-refractivity contribution is 6.30. The van der Waals surface area contributed by atoms with Gasteiger partial charge in [0.25, 0.3) is 0 Å². The lowest BCUT2D eigenvalue weighted by Crippen LogP contribution is -2.31. The average molecular weight is 330 g/mol. The average Bonchev–Trinajstić information content (AvgIpc) is 2.54. The summed E-state index contributed by atoms with van der Waals surface area (Å²) in [5.41, 5.74) is 1.12. The standard InChI is InChI=1S/C16H24ClNO4/c17-15-1-3-16(4-2-15)18-5-7-19-9-11-21-13-14-22-12-10-20-8-6-18/h1-4H,5-14H2. The van der Waals surface area contributed by atoms with Crippen LogP contribution in [0.3, 0.4) is 0 Å². The van der Waals surface area contributed by atoms with Gasteiger partial charge in [0.05, 0.1) is 52.9 Å². The molecule has 2 rings (SSSR count). The summed E-state index contributed by atoms with van der Waals surface area (Å²) < 4.78 is 22.1. The predicted octanol–water partition coefficient (Wildman–Crippen LogP) is 2.23. The number of anilines is 1. The van der Waals surface area contributed by atoms with E-state index in [0.29, 0.717) is 52.9 Å². The molecule has 1 fully saturated rings. The summed E-state index contributed by atoms with van der Waals surface area (Å²) in [5.74, 6) is 0. The summed E-state index contributed by atoms with van der Waals surface area (Å²) in [6.07, 6.45) is 0. The highest BCUT2D eigenvalue weighted by Gasteiger charge is 2.07. The first kappa shape index (κ1) is 17.5. The van der Waals surface area contributed by atoms with Gasteiger partial charge in [0.2, 0.25) is 0 Å². The summed E-state index contributed by atoms with van der Waals surface area (Å²) in [7, 11) is 0. The van der Waals surface area contributed by atoms with Crippen LogP contribution in [0.1, 0.15) is 0 Å². The molecule has 124 valence electrons. The molecular weight excluding hydrogens is 306 g/mol. The Bertz CT molecular complexity index is 386. The van der Waals surface area contributed by atoms with Crippen LogP contribution in [-0.4, -0.2) is 65.9 Å². The Hall–Kier alpha value is -0.850. The Balaban J connectivity index is 1.86. The van der Waals surface area contributed by atoms with Crippen LogP contribution in [0.2, 0.25) is 5.02 Å².